The lowest BCUT2D eigenvalue weighted by Crippen LogP contribution is -2.43. The Bertz CT molecular complexity index is 488. The van der Waals surface area contributed by atoms with E-state index in [1.807, 2.05) is 13.0 Å². The van der Waals surface area contributed by atoms with Gasteiger partial charge in [0.25, 0.3) is 0 Å². The Morgan fingerprint density at radius 1 is 1.39 bits per heavy atom. The molecule has 102 valence electrons. The van der Waals surface area contributed by atoms with Gasteiger partial charge < -0.3 is 5.32 Å². The van der Waals surface area contributed by atoms with Crippen molar-refractivity contribution in [2.75, 3.05) is 12.8 Å². The molecule has 0 saturated heterocycles. The second-order valence-corrected chi connectivity index (χ2v) is 6.94. The Hall–Kier alpha value is -0.940. The van der Waals surface area contributed by atoms with Crippen molar-refractivity contribution in [3.8, 4) is 0 Å². The molecule has 1 aromatic carbocycles. The topological polar surface area (TPSA) is 46.2 Å². The Morgan fingerprint density at radius 2 is 2.06 bits per heavy atom. The summed E-state index contributed by atoms with van der Waals surface area (Å²) in [5.74, 6) is -0.297. The van der Waals surface area contributed by atoms with Crippen molar-refractivity contribution in [2.24, 2.45) is 0 Å². The number of rotatable bonds is 6. The monoisotopic (exact) mass is 273 g/mol. The molecule has 0 saturated carbocycles. The molecule has 5 heteroatoms. The van der Waals surface area contributed by atoms with Crippen LogP contribution < -0.4 is 5.32 Å². The molecule has 0 aliphatic rings. The average molecular weight is 273 g/mol. The summed E-state index contributed by atoms with van der Waals surface area (Å²) < 4.78 is 36.3. The third kappa shape index (κ3) is 4.38. The zero-order valence-electron chi connectivity index (χ0n) is 11.0. The fraction of sp³-hybridized carbons (Fsp3) is 0.538. The van der Waals surface area contributed by atoms with E-state index in [0.29, 0.717) is 13.0 Å². The van der Waals surface area contributed by atoms with Crippen LogP contribution in [0.2, 0.25) is 0 Å². The van der Waals surface area contributed by atoms with E-state index < -0.39 is 15.1 Å². The molecule has 2 unspecified atom stereocenters. The van der Waals surface area contributed by atoms with E-state index in [-0.39, 0.29) is 11.9 Å². The molecule has 0 amide bonds. The average Bonchev–Trinajstić information content (AvgIpc) is 2.26. The van der Waals surface area contributed by atoms with Crippen LogP contribution in [0.3, 0.4) is 0 Å². The van der Waals surface area contributed by atoms with E-state index in [1.54, 1.807) is 13.0 Å². The van der Waals surface area contributed by atoms with Crippen LogP contribution in [0.5, 0.6) is 0 Å². The Kier molecular flexibility index (Phi) is 5.28. The normalized spacial score (nSPS) is 15.3. The predicted octanol–water partition coefficient (Wildman–Crippen LogP) is 1.78. The Morgan fingerprint density at radius 3 is 2.56 bits per heavy atom. The largest absolute Gasteiger partial charge is 0.313 e. The summed E-state index contributed by atoms with van der Waals surface area (Å²) in [6, 6.07) is 6.07. The first-order valence-corrected chi connectivity index (χ1v) is 7.96. The molecule has 0 fully saturated rings. The predicted molar refractivity (Wildman–Crippen MR) is 71.9 cm³/mol. The lowest BCUT2D eigenvalue weighted by atomic mass is 10.0. The van der Waals surface area contributed by atoms with Gasteiger partial charge in [-0.25, -0.2) is 12.8 Å². The summed E-state index contributed by atoms with van der Waals surface area (Å²) in [7, 11) is -3.11. The lowest BCUT2D eigenvalue weighted by molar-refractivity contribution is 0.493. The number of hydrogen-bond acceptors (Lipinski definition) is 3. The van der Waals surface area contributed by atoms with Crippen LogP contribution in [0.15, 0.2) is 24.3 Å². The van der Waals surface area contributed by atoms with E-state index in [9.17, 15) is 12.8 Å². The van der Waals surface area contributed by atoms with Crippen LogP contribution >= 0.6 is 0 Å². The van der Waals surface area contributed by atoms with Crippen molar-refractivity contribution < 1.29 is 12.8 Å². The fourth-order valence-corrected chi connectivity index (χ4v) is 2.67. The molecule has 0 heterocycles. The molecule has 2 atom stereocenters. The minimum absolute atomic E-state index is 0.202. The highest BCUT2D eigenvalue weighted by molar-refractivity contribution is 7.91. The van der Waals surface area contributed by atoms with E-state index in [0.717, 1.165) is 5.56 Å². The second-order valence-electron chi connectivity index (χ2n) is 4.53. The number of nitrogens with one attached hydrogen (secondary N) is 1. The van der Waals surface area contributed by atoms with Gasteiger partial charge in [-0.2, -0.15) is 0 Å². The fourth-order valence-electron chi connectivity index (χ4n) is 1.88. The van der Waals surface area contributed by atoms with Crippen LogP contribution in [0.4, 0.5) is 4.39 Å². The molecule has 1 aromatic rings. The van der Waals surface area contributed by atoms with Crippen molar-refractivity contribution in [1.29, 1.82) is 0 Å². The molecule has 1 N–H and O–H groups in total. The third-order valence-corrected chi connectivity index (χ3v) is 4.73. The van der Waals surface area contributed by atoms with Crippen molar-refractivity contribution >= 4 is 9.84 Å². The van der Waals surface area contributed by atoms with E-state index in [4.69, 9.17) is 0 Å². The van der Waals surface area contributed by atoms with Gasteiger partial charge in [-0.3, -0.25) is 0 Å². The van der Waals surface area contributed by atoms with Gasteiger partial charge in [-0.15, -0.1) is 0 Å². The van der Waals surface area contributed by atoms with Gasteiger partial charge in [0.2, 0.25) is 0 Å². The lowest BCUT2D eigenvalue weighted by Gasteiger charge is -2.23. The number of halogens is 1. The second kappa shape index (κ2) is 6.29. The molecule has 0 radical (unpaired) electrons. The molecule has 0 spiro atoms. The van der Waals surface area contributed by atoms with E-state index in [2.05, 4.69) is 5.32 Å². The van der Waals surface area contributed by atoms with Crippen molar-refractivity contribution in [3.63, 3.8) is 0 Å². The van der Waals surface area contributed by atoms with Crippen LogP contribution in [-0.4, -0.2) is 32.5 Å². The Balaban J connectivity index is 2.87. The minimum atomic E-state index is -3.11. The highest BCUT2D eigenvalue weighted by Gasteiger charge is 2.25. The van der Waals surface area contributed by atoms with Crippen LogP contribution in [0.25, 0.3) is 0 Å². The van der Waals surface area contributed by atoms with E-state index in [1.165, 1.54) is 18.4 Å². The maximum Gasteiger partial charge on any atom is 0.151 e. The number of sulfone groups is 1. The molecule has 3 nitrogen and oxygen atoms in total. The number of benzene rings is 1. The SMILES string of the molecule is CCNC(Cc1cccc(F)c1)C(C)S(C)(=O)=O. The zero-order chi connectivity index (χ0) is 13.8. The summed E-state index contributed by atoms with van der Waals surface area (Å²) in [6.45, 7) is 4.29. The first kappa shape index (κ1) is 15.1. The van der Waals surface area contributed by atoms with Gasteiger partial charge >= 0.3 is 0 Å². The van der Waals surface area contributed by atoms with Crippen molar-refractivity contribution in [3.05, 3.63) is 35.6 Å². The molecule has 18 heavy (non-hydrogen) atoms. The van der Waals surface area contributed by atoms with Crippen molar-refractivity contribution in [2.45, 2.75) is 31.6 Å². The molecular weight excluding hydrogens is 253 g/mol. The summed E-state index contributed by atoms with van der Waals surface area (Å²) in [6.07, 6.45) is 1.73. The highest BCUT2D eigenvalue weighted by atomic mass is 32.2. The quantitative estimate of drug-likeness (QED) is 0.859. The minimum Gasteiger partial charge on any atom is -0.313 e. The summed E-state index contributed by atoms with van der Waals surface area (Å²) >= 11 is 0. The van der Waals surface area contributed by atoms with Gasteiger partial charge in [0, 0.05) is 12.3 Å². The maximum atomic E-state index is 13.1. The van der Waals surface area contributed by atoms with Gasteiger partial charge in [-0.1, -0.05) is 19.1 Å². The number of hydrogen-bond donors (Lipinski definition) is 1. The number of likely N-dealkylation sites (N-methyl/N-ethyl adjacent to an activating group) is 1. The zero-order valence-corrected chi connectivity index (χ0v) is 11.8. The summed E-state index contributed by atoms with van der Waals surface area (Å²) in [4.78, 5) is 0. The van der Waals surface area contributed by atoms with Gasteiger partial charge in [0.1, 0.15) is 5.82 Å². The maximum absolute atomic E-state index is 13.1. The van der Waals surface area contributed by atoms with Gasteiger partial charge in [0.15, 0.2) is 9.84 Å². The standard InChI is InChI=1S/C13H20FNO2S/c1-4-15-13(10(2)18(3,16)17)9-11-6-5-7-12(14)8-11/h5-8,10,13,15H,4,9H2,1-3H3. The molecule has 1 rings (SSSR count). The van der Waals surface area contributed by atoms with Gasteiger partial charge in [0.05, 0.1) is 5.25 Å². The highest BCUT2D eigenvalue weighted by Crippen LogP contribution is 2.12. The Labute approximate surface area is 108 Å². The van der Waals surface area contributed by atoms with E-state index >= 15 is 0 Å². The van der Waals surface area contributed by atoms with Crippen molar-refractivity contribution in [1.82, 2.24) is 5.32 Å². The molecule has 0 aromatic heterocycles. The first-order chi connectivity index (χ1) is 8.34. The first-order valence-electron chi connectivity index (χ1n) is 6.01. The summed E-state index contributed by atoms with van der Waals surface area (Å²) in [5, 5.41) is 2.66. The summed E-state index contributed by atoms with van der Waals surface area (Å²) in [5.41, 5.74) is 0.802. The molecule has 0 aliphatic heterocycles. The van der Waals surface area contributed by atoms with Crippen LogP contribution in [0, 0.1) is 5.82 Å². The van der Waals surface area contributed by atoms with Crippen LogP contribution in [-0.2, 0) is 16.3 Å². The van der Waals surface area contributed by atoms with Crippen LogP contribution in [0.1, 0.15) is 19.4 Å². The van der Waals surface area contributed by atoms with Gasteiger partial charge in [-0.05, 0) is 37.6 Å². The smallest absolute Gasteiger partial charge is 0.151 e. The molecule has 0 aliphatic carbocycles. The molecular formula is C13H20FNO2S. The third-order valence-electron chi connectivity index (χ3n) is 3.05. The molecule has 0 bridgehead atoms.